The fourth-order valence-corrected chi connectivity index (χ4v) is 0.880. The number of carbonyl (C=O) groups excluding carboxylic acids is 1. The van der Waals surface area contributed by atoms with Crippen LogP contribution < -0.4 is 0 Å². The van der Waals surface area contributed by atoms with E-state index in [1.165, 1.54) is 6.41 Å². The number of nitrogens with zero attached hydrogens (tertiary/aromatic N) is 2. The minimum Gasteiger partial charge on any atom is -0.257 e. The zero-order valence-corrected chi connectivity index (χ0v) is 6.71. The minimum absolute atomic E-state index is 0.0582. The SMILES string of the molecule is O=[C]N(Cc1ccccc1)[N+](=O)[O-]. The first kappa shape index (κ1) is 9.18. The fourth-order valence-electron chi connectivity index (χ4n) is 0.880. The second kappa shape index (κ2) is 4.20. The highest BCUT2D eigenvalue weighted by molar-refractivity contribution is 5.46. The van der Waals surface area contributed by atoms with E-state index in [1.807, 2.05) is 0 Å². The molecule has 0 aliphatic rings. The number of hydrogen-bond donors (Lipinski definition) is 0. The van der Waals surface area contributed by atoms with Gasteiger partial charge >= 0.3 is 6.41 Å². The van der Waals surface area contributed by atoms with E-state index in [0.29, 0.717) is 10.6 Å². The van der Waals surface area contributed by atoms with Crippen molar-refractivity contribution in [1.82, 2.24) is 5.01 Å². The Hall–Kier alpha value is -1.91. The molecule has 13 heavy (non-hydrogen) atoms. The molecule has 1 radical (unpaired) electrons. The first-order valence-electron chi connectivity index (χ1n) is 3.57. The van der Waals surface area contributed by atoms with Gasteiger partial charge in [-0.05, 0) is 10.6 Å². The molecule has 5 nitrogen and oxygen atoms in total. The van der Waals surface area contributed by atoms with Crippen molar-refractivity contribution < 1.29 is 9.83 Å². The quantitative estimate of drug-likeness (QED) is 0.389. The highest BCUT2D eigenvalue weighted by Crippen LogP contribution is 2.01. The highest BCUT2D eigenvalue weighted by Gasteiger charge is 2.13. The summed E-state index contributed by atoms with van der Waals surface area (Å²) in [6.45, 7) is -0.0582. The lowest BCUT2D eigenvalue weighted by Crippen LogP contribution is -2.27. The lowest BCUT2D eigenvalue weighted by Gasteiger charge is -2.04. The maximum atomic E-state index is 10.2. The fraction of sp³-hybridized carbons (Fsp3) is 0.125. The van der Waals surface area contributed by atoms with Crippen molar-refractivity contribution in [2.45, 2.75) is 6.54 Å². The molecule has 0 heterocycles. The minimum atomic E-state index is -0.792. The molecule has 1 aromatic rings. The van der Waals surface area contributed by atoms with Crippen molar-refractivity contribution in [1.29, 1.82) is 0 Å². The van der Waals surface area contributed by atoms with E-state index in [-0.39, 0.29) is 6.54 Å². The highest BCUT2D eigenvalue weighted by atomic mass is 16.7. The topological polar surface area (TPSA) is 63.5 Å². The van der Waals surface area contributed by atoms with E-state index in [4.69, 9.17) is 0 Å². The standard InChI is InChI=1S/C8H7N2O3/c11-7-9(10(12)13)6-8-4-2-1-3-5-8/h1-5H,6H2. The number of benzene rings is 1. The van der Waals surface area contributed by atoms with Gasteiger partial charge < -0.3 is 0 Å². The van der Waals surface area contributed by atoms with Gasteiger partial charge in [0.25, 0.3) is 0 Å². The molecular formula is C8H7N2O3. The Kier molecular flexibility index (Phi) is 2.97. The Morgan fingerprint density at radius 3 is 2.46 bits per heavy atom. The summed E-state index contributed by atoms with van der Waals surface area (Å²) in [6, 6.07) is 8.70. The van der Waals surface area contributed by atoms with Gasteiger partial charge in [0.1, 0.15) is 6.54 Å². The summed E-state index contributed by atoms with van der Waals surface area (Å²) in [7, 11) is 0. The number of amides is 1. The van der Waals surface area contributed by atoms with E-state index >= 15 is 0 Å². The average molecular weight is 179 g/mol. The smallest absolute Gasteiger partial charge is 0.257 e. The normalized spacial score (nSPS) is 9.23. The molecule has 0 aromatic heterocycles. The van der Waals surface area contributed by atoms with Gasteiger partial charge in [-0.25, -0.2) is 10.1 Å². The van der Waals surface area contributed by atoms with Crippen molar-refractivity contribution >= 4 is 6.41 Å². The van der Waals surface area contributed by atoms with Crippen molar-refractivity contribution in [3.63, 3.8) is 0 Å². The summed E-state index contributed by atoms with van der Waals surface area (Å²) in [6.07, 6.45) is 1.23. The third-order valence-electron chi connectivity index (χ3n) is 1.48. The lowest BCUT2D eigenvalue weighted by atomic mass is 10.2. The molecule has 0 unspecified atom stereocenters. The van der Waals surface area contributed by atoms with Gasteiger partial charge in [0.2, 0.25) is 0 Å². The van der Waals surface area contributed by atoms with Gasteiger partial charge in [0, 0.05) is 0 Å². The molecule has 67 valence electrons. The maximum Gasteiger partial charge on any atom is 0.377 e. The molecule has 1 rings (SSSR count). The summed E-state index contributed by atoms with van der Waals surface area (Å²) in [5.41, 5.74) is 0.697. The van der Waals surface area contributed by atoms with E-state index in [0.717, 1.165) is 0 Å². The second-order valence-corrected chi connectivity index (χ2v) is 2.37. The van der Waals surface area contributed by atoms with E-state index in [9.17, 15) is 14.9 Å². The van der Waals surface area contributed by atoms with Crippen molar-refractivity contribution in [3.05, 3.63) is 46.0 Å². The van der Waals surface area contributed by atoms with Gasteiger partial charge in [0.15, 0.2) is 5.03 Å². The number of rotatable bonds is 4. The van der Waals surface area contributed by atoms with Gasteiger partial charge in [-0.2, -0.15) is 0 Å². The molecule has 0 saturated carbocycles. The predicted molar refractivity (Wildman–Crippen MR) is 44.7 cm³/mol. The van der Waals surface area contributed by atoms with Crippen molar-refractivity contribution in [2.75, 3.05) is 0 Å². The van der Waals surface area contributed by atoms with E-state index in [1.54, 1.807) is 30.3 Å². The predicted octanol–water partition coefficient (Wildman–Crippen LogP) is 0.748. The second-order valence-electron chi connectivity index (χ2n) is 2.37. The Morgan fingerprint density at radius 2 is 2.00 bits per heavy atom. The zero-order chi connectivity index (χ0) is 9.68. The van der Waals surface area contributed by atoms with Crippen molar-refractivity contribution in [2.24, 2.45) is 0 Å². The number of hydrazine groups is 1. The molecule has 5 heteroatoms. The molecule has 0 fully saturated rings. The first-order chi connectivity index (χ1) is 6.24. The third kappa shape index (κ3) is 2.55. The molecule has 0 atom stereocenters. The summed E-state index contributed by atoms with van der Waals surface area (Å²) < 4.78 is 0. The Bertz CT molecular complexity index is 300. The molecule has 0 N–H and O–H groups in total. The van der Waals surface area contributed by atoms with Crippen LogP contribution in [0.15, 0.2) is 30.3 Å². The lowest BCUT2D eigenvalue weighted by molar-refractivity contribution is -0.632. The van der Waals surface area contributed by atoms with Crippen LogP contribution in [0.5, 0.6) is 0 Å². The van der Waals surface area contributed by atoms with Crippen LogP contribution in [-0.4, -0.2) is 16.5 Å². The average Bonchev–Trinajstić information content (AvgIpc) is 2.15. The van der Waals surface area contributed by atoms with Crippen LogP contribution in [0.25, 0.3) is 0 Å². The van der Waals surface area contributed by atoms with Crippen LogP contribution in [0.3, 0.4) is 0 Å². The van der Waals surface area contributed by atoms with Crippen LogP contribution in [0.1, 0.15) is 5.56 Å². The van der Waals surface area contributed by atoms with Gasteiger partial charge in [-0.3, -0.25) is 4.79 Å². The molecule has 1 aromatic carbocycles. The van der Waals surface area contributed by atoms with Gasteiger partial charge in [-0.15, -0.1) is 0 Å². The maximum absolute atomic E-state index is 10.2. The molecule has 0 saturated heterocycles. The summed E-state index contributed by atoms with van der Waals surface area (Å²) >= 11 is 0. The monoisotopic (exact) mass is 179 g/mol. The zero-order valence-electron chi connectivity index (χ0n) is 6.71. The Balaban J connectivity index is 2.67. The summed E-state index contributed by atoms with van der Waals surface area (Å²) in [5.74, 6) is 0. The van der Waals surface area contributed by atoms with Gasteiger partial charge in [-0.1, -0.05) is 30.3 Å². The van der Waals surface area contributed by atoms with Crippen LogP contribution >= 0.6 is 0 Å². The summed E-state index contributed by atoms with van der Waals surface area (Å²) in [5, 5.41) is 9.78. The van der Waals surface area contributed by atoms with Crippen LogP contribution in [0.4, 0.5) is 0 Å². The Morgan fingerprint density at radius 1 is 1.38 bits per heavy atom. The number of nitro groups is 1. The van der Waals surface area contributed by atoms with Crippen molar-refractivity contribution in [3.8, 4) is 0 Å². The number of hydrogen-bond acceptors (Lipinski definition) is 3. The van der Waals surface area contributed by atoms with Crippen LogP contribution in [-0.2, 0) is 11.3 Å². The Labute approximate surface area is 74.7 Å². The third-order valence-corrected chi connectivity index (χ3v) is 1.48. The molecule has 0 bridgehead atoms. The van der Waals surface area contributed by atoms with Gasteiger partial charge in [0.05, 0.1) is 0 Å². The van der Waals surface area contributed by atoms with E-state index < -0.39 is 5.03 Å². The van der Waals surface area contributed by atoms with Crippen LogP contribution in [0, 0.1) is 10.1 Å². The van der Waals surface area contributed by atoms with E-state index in [2.05, 4.69) is 0 Å². The molecule has 0 spiro atoms. The summed E-state index contributed by atoms with van der Waals surface area (Å²) in [4.78, 5) is 20.3. The van der Waals surface area contributed by atoms with Crippen LogP contribution in [0.2, 0.25) is 0 Å². The molecular weight excluding hydrogens is 172 g/mol. The largest absolute Gasteiger partial charge is 0.377 e. The first-order valence-corrected chi connectivity index (χ1v) is 3.57. The molecule has 0 aliphatic heterocycles. The molecule has 0 aliphatic carbocycles. The molecule has 1 amide bonds.